The number of aromatic hydroxyl groups is 1. The number of carbonyl (C=O) groups excluding carboxylic acids is 1. The SMILES string of the molecule is Cc1cc(C(=O)c2ccc(O)cc2)ccc1Sc1ccc([S+](c2ccc(F)cc2)c2ccc(F)cc2)cc1. The minimum absolute atomic E-state index is 0.0948. The molecule has 0 aliphatic heterocycles. The van der Waals surface area contributed by atoms with Gasteiger partial charge < -0.3 is 5.11 Å². The number of ketones is 1. The first-order valence-corrected chi connectivity index (χ1v) is 13.9. The van der Waals surface area contributed by atoms with Gasteiger partial charge in [-0.1, -0.05) is 11.8 Å². The molecule has 0 spiro atoms. The molecule has 0 heterocycles. The molecule has 38 heavy (non-hydrogen) atoms. The van der Waals surface area contributed by atoms with E-state index >= 15 is 0 Å². The van der Waals surface area contributed by atoms with Gasteiger partial charge in [0.1, 0.15) is 17.4 Å². The van der Waals surface area contributed by atoms with Gasteiger partial charge in [0.15, 0.2) is 20.5 Å². The Kier molecular flexibility index (Phi) is 7.63. The third kappa shape index (κ3) is 5.82. The first-order valence-electron chi connectivity index (χ1n) is 11.8. The maximum absolute atomic E-state index is 13.6. The fourth-order valence-electron chi connectivity index (χ4n) is 4.00. The Bertz CT molecular complexity index is 1520. The predicted molar refractivity (Wildman–Crippen MR) is 148 cm³/mol. The standard InChI is InChI=1S/C32H22F2O2S2/c1-21-20-23(32(36)22-2-9-26(35)10-3-22)4-19-31(21)37-27-11-17-30(18-12-27)38(28-13-5-24(33)6-14-28)29-15-7-25(34)8-16-29/h2-20H,1H3/p+1. The number of carbonyl (C=O) groups is 1. The molecule has 0 aliphatic carbocycles. The van der Waals surface area contributed by atoms with E-state index in [2.05, 4.69) is 12.1 Å². The molecular formula is C32H23F2O2S2+. The number of hydrogen-bond donors (Lipinski definition) is 1. The lowest BCUT2D eigenvalue weighted by molar-refractivity contribution is 0.103. The summed E-state index contributed by atoms with van der Waals surface area (Å²) in [5.74, 6) is -0.566. The topological polar surface area (TPSA) is 37.3 Å². The Morgan fingerprint density at radius 2 is 1.13 bits per heavy atom. The third-order valence-corrected chi connectivity index (χ3v) is 9.37. The number of phenols is 1. The molecule has 0 aliphatic rings. The Balaban J connectivity index is 1.38. The van der Waals surface area contributed by atoms with Crippen molar-refractivity contribution in [2.75, 3.05) is 0 Å². The minimum atomic E-state index is -0.514. The highest BCUT2D eigenvalue weighted by Crippen LogP contribution is 2.35. The van der Waals surface area contributed by atoms with Crippen LogP contribution in [0.15, 0.2) is 140 Å². The second-order valence-electron chi connectivity index (χ2n) is 8.64. The van der Waals surface area contributed by atoms with Crippen LogP contribution in [0.4, 0.5) is 8.78 Å². The molecule has 6 heteroatoms. The lowest BCUT2D eigenvalue weighted by Gasteiger charge is -2.10. The van der Waals surface area contributed by atoms with E-state index in [-0.39, 0.29) is 23.2 Å². The summed E-state index contributed by atoms with van der Waals surface area (Å²) in [5, 5.41) is 9.47. The number of halogens is 2. The Labute approximate surface area is 227 Å². The van der Waals surface area contributed by atoms with E-state index < -0.39 is 10.9 Å². The van der Waals surface area contributed by atoms with Crippen molar-refractivity contribution in [2.24, 2.45) is 0 Å². The van der Waals surface area contributed by atoms with Gasteiger partial charge in [-0.2, -0.15) is 0 Å². The molecule has 5 rings (SSSR count). The summed E-state index contributed by atoms with van der Waals surface area (Å²) >= 11 is 1.61. The van der Waals surface area contributed by atoms with Crippen molar-refractivity contribution in [1.82, 2.24) is 0 Å². The van der Waals surface area contributed by atoms with Crippen molar-refractivity contribution in [3.8, 4) is 5.75 Å². The monoisotopic (exact) mass is 541 g/mol. The molecular weight excluding hydrogens is 518 g/mol. The van der Waals surface area contributed by atoms with Crippen LogP contribution in [0.25, 0.3) is 0 Å². The summed E-state index contributed by atoms with van der Waals surface area (Å²) in [6.45, 7) is 1.98. The van der Waals surface area contributed by atoms with Gasteiger partial charge in [0.25, 0.3) is 0 Å². The van der Waals surface area contributed by atoms with Crippen LogP contribution >= 0.6 is 11.8 Å². The zero-order valence-corrected chi connectivity index (χ0v) is 22.0. The first-order chi connectivity index (χ1) is 18.4. The number of aryl methyl sites for hydroxylation is 1. The fourth-order valence-corrected chi connectivity index (χ4v) is 6.93. The second-order valence-corrected chi connectivity index (χ2v) is 11.8. The molecule has 0 saturated heterocycles. The summed E-state index contributed by atoms with van der Waals surface area (Å²) in [7, 11) is -0.514. The minimum Gasteiger partial charge on any atom is -0.508 e. The largest absolute Gasteiger partial charge is 0.508 e. The zero-order chi connectivity index (χ0) is 26.6. The molecule has 0 atom stereocenters. The predicted octanol–water partition coefficient (Wildman–Crippen LogP) is 8.46. The number of phenolic OH excluding ortho intramolecular Hbond substituents is 1. The summed E-state index contributed by atoms with van der Waals surface area (Å²) < 4.78 is 27.2. The molecule has 0 amide bonds. The second kappa shape index (κ2) is 11.3. The Morgan fingerprint density at radius 3 is 1.63 bits per heavy atom. The molecule has 2 nitrogen and oxygen atoms in total. The van der Waals surface area contributed by atoms with Gasteiger partial charge in [0.05, 0.1) is 10.9 Å². The summed E-state index contributed by atoms with van der Waals surface area (Å²) in [4.78, 5) is 17.8. The van der Waals surface area contributed by atoms with Crippen molar-refractivity contribution in [2.45, 2.75) is 31.4 Å². The first kappa shape index (κ1) is 25.8. The lowest BCUT2D eigenvalue weighted by atomic mass is 10.0. The van der Waals surface area contributed by atoms with Crippen molar-refractivity contribution in [3.63, 3.8) is 0 Å². The molecule has 5 aromatic carbocycles. The number of rotatable bonds is 7. The maximum atomic E-state index is 13.6. The fraction of sp³-hybridized carbons (Fsp3) is 0.0312. The van der Waals surface area contributed by atoms with E-state index in [1.54, 1.807) is 48.2 Å². The Hall–Kier alpha value is -3.87. The maximum Gasteiger partial charge on any atom is 0.193 e. The van der Waals surface area contributed by atoms with Crippen LogP contribution in [-0.2, 0) is 10.9 Å². The van der Waals surface area contributed by atoms with Crippen LogP contribution in [0.2, 0.25) is 0 Å². The quantitative estimate of drug-likeness (QED) is 0.166. The molecule has 0 saturated carbocycles. The third-order valence-electron chi connectivity index (χ3n) is 5.95. The van der Waals surface area contributed by atoms with Gasteiger partial charge in [-0.15, -0.1) is 0 Å². The van der Waals surface area contributed by atoms with Gasteiger partial charge >= 0.3 is 0 Å². The van der Waals surface area contributed by atoms with Crippen molar-refractivity contribution in [3.05, 3.63) is 144 Å². The average Bonchev–Trinajstić information content (AvgIpc) is 2.93. The van der Waals surface area contributed by atoms with E-state index in [0.717, 1.165) is 30.0 Å². The van der Waals surface area contributed by atoms with Gasteiger partial charge in [-0.05, 0) is 128 Å². The molecule has 0 radical (unpaired) electrons. The molecule has 0 fully saturated rings. The Morgan fingerprint density at radius 1 is 0.658 bits per heavy atom. The van der Waals surface area contributed by atoms with Crippen molar-refractivity contribution in [1.29, 1.82) is 0 Å². The van der Waals surface area contributed by atoms with Crippen LogP contribution in [0.3, 0.4) is 0 Å². The van der Waals surface area contributed by atoms with E-state index in [4.69, 9.17) is 0 Å². The zero-order valence-electron chi connectivity index (χ0n) is 20.4. The van der Waals surface area contributed by atoms with Crippen LogP contribution in [-0.4, -0.2) is 10.9 Å². The summed E-state index contributed by atoms with van der Waals surface area (Å²) in [5.41, 5.74) is 2.10. The molecule has 0 unspecified atom stereocenters. The van der Waals surface area contributed by atoms with E-state index in [1.807, 2.05) is 37.3 Å². The van der Waals surface area contributed by atoms with Crippen LogP contribution in [0.5, 0.6) is 5.75 Å². The van der Waals surface area contributed by atoms with Crippen molar-refractivity contribution >= 4 is 28.4 Å². The molecule has 0 aromatic heterocycles. The molecule has 0 bridgehead atoms. The van der Waals surface area contributed by atoms with Gasteiger partial charge in [0.2, 0.25) is 0 Å². The number of hydrogen-bond acceptors (Lipinski definition) is 3. The average molecular weight is 542 g/mol. The highest BCUT2D eigenvalue weighted by atomic mass is 32.2. The van der Waals surface area contributed by atoms with Gasteiger partial charge in [0, 0.05) is 20.9 Å². The van der Waals surface area contributed by atoms with Crippen LogP contribution < -0.4 is 0 Å². The summed E-state index contributed by atoms with van der Waals surface area (Å²) in [6.07, 6.45) is 0. The smallest absolute Gasteiger partial charge is 0.193 e. The van der Waals surface area contributed by atoms with Crippen LogP contribution in [0.1, 0.15) is 21.5 Å². The van der Waals surface area contributed by atoms with Gasteiger partial charge in [-0.3, -0.25) is 4.79 Å². The van der Waals surface area contributed by atoms with E-state index in [9.17, 15) is 18.7 Å². The molecule has 188 valence electrons. The number of benzene rings is 5. The van der Waals surface area contributed by atoms with Crippen LogP contribution in [0, 0.1) is 18.6 Å². The molecule has 1 N–H and O–H groups in total. The van der Waals surface area contributed by atoms with E-state index in [0.29, 0.717) is 11.1 Å². The highest BCUT2D eigenvalue weighted by Gasteiger charge is 2.28. The van der Waals surface area contributed by atoms with Crippen molar-refractivity contribution < 1.29 is 18.7 Å². The highest BCUT2D eigenvalue weighted by molar-refractivity contribution is 7.99. The summed E-state index contributed by atoms with van der Waals surface area (Å²) in [6, 6.07) is 33.0. The lowest BCUT2D eigenvalue weighted by Crippen LogP contribution is -2.05. The van der Waals surface area contributed by atoms with Gasteiger partial charge in [-0.25, -0.2) is 8.78 Å². The van der Waals surface area contributed by atoms with E-state index in [1.165, 1.54) is 36.4 Å². The normalized spacial score (nSPS) is 11.1. The molecule has 5 aromatic rings.